The zero-order valence-electron chi connectivity index (χ0n) is 9.06. The summed E-state index contributed by atoms with van der Waals surface area (Å²) < 4.78 is 13.8. The van der Waals surface area contributed by atoms with Crippen LogP contribution >= 0.6 is 11.6 Å². The first kappa shape index (κ1) is 12.3. The van der Waals surface area contributed by atoms with E-state index in [1.54, 1.807) is 24.3 Å². The van der Waals surface area contributed by atoms with E-state index in [0.717, 1.165) is 6.07 Å². The van der Waals surface area contributed by atoms with Crippen molar-refractivity contribution in [3.63, 3.8) is 0 Å². The molecule has 0 unspecified atom stereocenters. The van der Waals surface area contributed by atoms with Crippen molar-refractivity contribution in [1.82, 2.24) is 0 Å². The molecule has 2 rings (SSSR count). The molecule has 2 aromatic carbocycles. The first-order valence-corrected chi connectivity index (χ1v) is 5.41. The highest BCUT2D eigenvalue weighted by molar-refractivity contribution is 6.30. The average Bonchev–Trinajstić information content (AvgIpc) is 2.34. The lowest BCUT2D eigenvalue weighted by atomic mass is 10.2. The maximum absolute atomic E-state index is 13.8. The normalized spacial score (nSPS) is 10.1. The summed E-state index contributed by atoms with van der Waals surface area (Å²) in [6, 6.07) is 10.5. The number of hydrogen-bond acceptors (Lipinski definition) is 3. The van der Waals surface area contributed by atoms with Crippen LogP contribution in [0.4, 0.5) is 21.5 Å². The smallest absolute Gasteiger partial charge is 0.306 e. The van der Waals surface area contributed by atoms with Gasteiger partial charge in [-0.15, -0.1) is 0 Å². The van der Waals surface area contributed by atoms with Gasteiger partial charge in [-0.05, 0) is 30.3 Å². The number of nitro groups is 1. The van der Waals surface area contributed by atoms with Crippen LogP contribution in [0.3, 0.4) is 0 Å². The van der Waals surface area contributed by atoms with Crippen LogP contribution < -0.4 is 5.32 Å². The van der Waals surface area contributed by atoms with Crippen LogP contribution in [0.2, 0.25) is 5.02 Å². The zero-order valence-corrected chi connectivity index (χ0v) is 9.82. The zero-order chi connectivity index (χ0) is 13.1. The van der Waals surface area contributed by atoms with Gasteiger partial charge in [0.25, 0.3) is 0 Å². The summed E-state index contributed by atoms with van der Waals surface area (Å²) in [6.07, 6.45) is 0. The van der Waals surface area contributed by atoms with Crippen LogP contribution in [0.5, 0.6) is 0 Å². The van der Waals surface area contributed by atoms with Gasteiger partial charge in [0.2, 0.25) is 5.82 Å². The van der Waals surface area contributed by atoms with Gasteiger partial charge in [0.1, 0.15) is 0 Å². The van der Waals surface area contributed by atoms with Crippen LogP contribution in [0.25, 0.3) is 0 Å². The molecule has 0 fully saturated rings. The highest BCUT2D eigenvalue weighted by atomic mass is 35.5. The summed E-state index contributed by atoms with van der Waals surface area (Å²) >= 11 is 5.72. The molecule has 0 saturated heterocycles. The number of halogens is 2. The molecule has 0 spiro atoms. The summed E-state index contributed by atoms with van der Waals surface area (Å²) in [5.74, 6) is -0.891. The SMILES string of the molecule is O=[N+]([O-])c1cccc(Nc2ccc(Cl)cc2)c1F. The highest BCUT2D eigenvalue weighted by Gasteiger charge is 2.17. The third-order valence-corrected chi connectivity index (χ3v) is 2.55. The van der Waals surface area contributed by atoms with Crippen molar-refractivity contribution in [2.24, 2.45) is 0 Å². The molecule has 18 heavy (non-hydrogen) atoms. The molecule has 1 N–H and O–H groups in total. The van der Waals surface area contributed by atoms with Crippen molar-refractivity contribution < 1.29 is 9.31 Å². The summed E-state index contributed by atoms with van der Waals surface area (Å²) in [6.45, 7) is 0. The summed E-state index contributed by atoms with van der Waals surface area (Å²) in [5.41, 5.74) is 0.0827. The van der Waals surface area contributed by atoms with E-state index in [-0.39, 0.29) is 5.69 Å². The third-order valence-electron chi connectivity index (χ3n) is 2.30. The molecule has 0 amide bonds. The average molecular weight is 267 g/mol. The van der Waals surface area contributed by atoms with Crippen molar-refractivity contribution in [1.29, 1.82) is 0 Å². The molecule has 0 radical (unpaired) electrons. The number of nitro benzene ring substituents is 1. The van der Waals surface area contributed by atoms with Gasteiger partial charge in [-0.1, -0.05) is 17.7 Å². The van der Waals surface area contributed by atoms with Gasteiger partial charge < -0.3 is 5.32 Å². The monoisotopic (exact) mass is 266 g/mol. The summed E-state index contributed by atoms with van der Waals surface area (Å²) in [5, 5.41) is 13.9. The molecular formula is C12H8ClFN2O2. The van der Waals surface area contributed by atoms with E-state index in [9.17, 15) is 14.5 Å². The number of nitrogens with one attached hydrogen (secondary N) is 1. The number of anilines is 2. The second-order valence-electron chi connectivity index (χ2n) is 3.53. The van der Waals surface area contributed by atoms with Gasteiger partial charge in [-0.3, -0.25) is 10.1 Å². The summed E-state index contributed by atoms with van der Waals surface area (Å²) in [7, 11) is 0. The summed E-state index contributed by atoms with van der Waals surface area (Å²) in [4.78, 5) is 9.83. The maximum Gasteiger partial charge on any atom is 0.306 e. The molecule has 0 heterocycles. The van der Waals surface area contributed by atoms with Crippen molar-refractivity contribution in [2.75, 3.05) is 5.32 Å². The van der Waals surface area contributed by atoms with Gasteiger partial charge in [0.15, 0.2) is 0 Å². The quantitative estimate of drug-likeness (QED) is 0.671. The Morgan fingerprint density at radius 3 is 2.44 bits per heavy atom. The Morgan fingerprint density at radius 2 is 1.83 bits per heavy atom. The molecule has 0 bridgehead atoms. The predicted molar refractivity (Wildman–Crippen MR) is 67.8 cm³/mol. The van der Waals surface area contributed by atoms with E-state index in [1.165, 1.54) is 12.1 Å². The molecule has 0 aliphatic carbocycles. The van der Waals surface area contributed by atoms with Gasteiger partial charge >= 0.3 is 5.69 Å². The number of nitrogens with zero attached hydrogens (tertiary/aromatic N) is 1. The Labute approximate surface area is 107 Å². The number of benzene rings is 2. The topological polar surface area (TPSA) is 55.2 Å². The molecule has 0 aromatic heterocycles. The van der Waals surface area contributed by atoms with Gasteiger partial charge in [0.05, 0.1) is 10.6 Å². The lowest BCUT2D eigenvalue weighted by molar-refractivity contribution is -0.387. The third kappa shape index (κ3) is 2.57. The van der Waals surface area contributed by atoms with Crippen molar-refractivity contribution >= 4 is 28.7 Å². The molecule has 6 heteroatoms. The minimum Gasteiger partial charge on any atom is -0.353 e. The van der Waals surface area contributed by atoms with Crippen molar-refractivity contribution in [2.45, 2.75) is 0 Å². The van der Waals surface area contributed by atoms with Crippen molar-refractivity contribution in [3.05, 3.63) is 63.4 Å². The Morgan fingerprint density at radius 1 is 1.17 bits per heavy atom. The highest BCUT2D eigenvalue weighted by Crippen LogP contribution is 2.27. The molecule has 4 nitrogen and oxygen atoms in total. The Balaban J connectivity index is 2.32. The van der Waals surface area contributed by atoms with Crippen LogP contribution in [0, 0.1) is 15.9 Å². The minimum atomic E-state index is -0.891. The van der Waals surface area contributed by atoms with E-state index >= 15 is 0 Å². The Bertz CT molecular complexity index is 587. The predicted octanol–water partition coefficient (Wildman–Crippen LogP) is 4.13. The first-order chi connectivity index (χ1) is 8.58. The van der Waals surface area contributed by atoms with Crippen molar-refractivity contribution in [3.8, 4) is 0 Å². The first-order valence-electron chi connectivity index (χ1n) is 5.03. The van der Waals surface area contributed by atoms with Crippen LogP contribution in [0.1, 0.15) is 0 Å². The van der Waals surface area contributed by atoms with E-state index in [2.05, 4.69) is 5.32 Å². The van der Waals surface area contributed by atoms with E-state index in [4.69, 9.17) is 11.6 Å². The minimum absolute atomic E-state index is 0.0477. The van der Waals surface area contributed by atoms with Crippen LogP contribution in [0.15, 0.2) is 42.5 Å². The Kier molecular flexibility index (Phi) is 3.43. The molecule has 92 valence electrons. The largest absolute Gasteiger partial charge is 0.353 e. The maximum atomic E-state index is 13.8. The fourth-order valence-electron chi connectivity index (χ4n) is 1.45. The Hall–Kier alpha value is -2.14. The van der Waals surface area contributed by atoms with Crippen LogP contribution in [-0.4, -0.2) is 4.92 Å². The second kappa shape index (κ2) is 5.01. The number of rotatable bonds is 3. The fourth-order valence-corrected chi connectivity index (χ4v) is 1.57. The standard InChI is InChI=1S/C12H8ClFN2O2/c13-8-4-6-9(7-5-8)15-10-2-1-3-11(12(10)14)16(17)18/h1-7,15H. The molecule has 0 aliphatic rings. The molecule has 0 saturated carbocycles. The lowest BCUT2D eigenvalue weighted by Crippen LogP contribution is -1.98. The van der Waals surface area contributed by atoms with Gasteiger partial charge in [0, 0.05) is 16.8 Å². The molecule has 2 aromatic rings. The van der Waals surface area contributed by atoms with Gasteiger partial charge in [-0.25, -0.2) is 0 Å². The van der Waals surface area contributed by atoms with E-state index in [1.807, 2.05) is 0 Å². The van der Waals surface area contributed by atoms with Gasteiger partial charge in [-0.2, -0.15) is 4.39 Å². The fraction of sp³-hybridized carbons (Fsp3) is 0. The molecule has 0 atom stereocenters. The second-order valence-corrected chi connectivity index (χ2v) is 3.96. The van der Waals surface area contributed by atoms with E-state index in [0.29, 0.717) is 10.7 Å². The lowest BCUT2D eigenvalue weighted by Gasteiger charge is -2.07. The molecular weight excluding hydrogens is 259 g/mol. The molecule has 0 aliphatic heterocycles. The number of hydrogen-bond donors (Lipinski definition) is 1. The van der Waals surface area contributed by atoms with E-state index < -0.39 is 16.4 Å². The van der Waals surface area contributed by atoms with Crippen LogP contribution in [-0.2, 0) is 0 Å².